The zero-order valence-electron chi connectivity index (χ0n) is 24.8. The van der Waals surface area contributed by atoms with E-state index in [1.807, 2.05) is 44.2 Å². The third kappa shape index (κ3) is 9.88. The molecule has 2 amide bonds. The molecule has 8 nitrogen and oxygen atoms in total. The van der Waals surface area contributed by atoms with Crippen molar-refractivity contribution in [2.75, 3.05) is 30.3 Å². The quantitative estimate of drug-likeness (QED) is 0.203. The minimum Gasteiger partial charge on any atom is -0.492 e. The molecule has 3 aromatic carbocycles. The number of ether oxygens (including phenoxy) is 1. The van der Waals surface area contributed by atoms with Gasteiger partial charge >= 0.3 is 0 Å². The number of hydrogen-bond donors (Lipinski definition) is 1. The Labute approximate surface area is 265 Å². The van der Waals surface area contributed by atoms with Crippen LogP contribution < -0.4 is 14.4 Å². The average molecular weight is 649 g/mol. The number of nitrogens with zero attached hydrogens (tertiary/aromatic N) is 2. The van der Waals surface area contributed by atoms with Gasteiger partial charge in [0.1, 0.15) is 11.8 Å². The summed E-state index contributed by atoms with van der Waals surface area (Å²) in [5.74, 6) is -0.173. The van der Waals surface area contributed by atoms with Gasteiger partial charge in [-0.2, -0.15) is 0 Å². The maximum Gasteiger partial charge on any atom is 0.243 e. The predicted octanol–water partition coefficient (Wildman–Crippen LogP) is 6.10. The maximum absolute atomic E-state index is 14.0. The first-order valence-electron chi connectivity index (χ1n) is 14.3. The number of carbonyl (C=O) groups excluding carboxylic acids is 2. The summed E-state index contributed by atoms with van der Waals surface area (Å²) in [6, 6.07) is 20.6. The molecule has 0 aliphatic rings. The first-order chi connectivity index (χ1) is 20.6. The Morgan fingerprint density at radius 1 is 0.930 bits per heavy atom. The zero-order valence-corrected chi connectivity index (χ0v) is 27.1. The van der Waals surface area contributed by atoms with Crippen molar-refractivity contribution in [3.8, 4) is 5.75 Å². The van der Waals surface area contributed by atoms with Crippen molar-refractivity contribution in [3.05, 3.63) is 94.0 Å². The molecule has 11 heteroatoms. The smallest absolute Gasteiger partial charge is 0.243 e. The number of benzene rings is 3. The Bertz CT molecular complexity index is 1450. The molecule has 0 heterocycles. The van der Waals surface area contributed by atoms with Crippen LogP contribution in [0.3, 0.4) is 0 Å². The molecule has 0 aliphatic carbocycles. The molecule has 0 aromatic heterocycles. The molecule has 232 valence electrons. The van der Waals surface area contributed by atoms with E-state index in [-0.39, 0.29) is 44.2 Å². The van der Waals surface area contributed by atoms with E-state index in [1.54, 1.807) is 42.5 Å². The molecule has 1 atom stereocenters. The second-order valence-corrected chi connectivity index (χ2v) is 12.8. The van der Waals surface area contributed by atoms with Crippen LogP contribution in [0.4, 0.5) is 5.69 Å². The monoisotopic (exact) mass is 647 g/mol. The molecule has 1 N–H and O–H groups in total. The van der Waals surface area contributed by atoms with E-state index in [0.717, 1.165) is 18.2 Å². The number of hydrogen-bond acceptors (Lipinski definition) is 5. The summed E-state index contributed by atoms with van der Waals surface area (Å²) in [4.78, 5) is 29.0. The van der Waals surface area contributed by atoms with E-state index >= 15 is 0 Å². The molecule has 3 rings (SSSR count). The number of nitrogens with one attached hydrogen (secondary N) is 1. The molecular weight excluding hydrogens is 609 g/mol. The summed E-state index contributed by atoms with van der Waals surface area (Å²) in [6.45, 7) is 4.66. The lowest BCUT2D eigenvalue weighted by molar-refractivity contribution is -0.141. The van der Waals surface area contributed by atoms with Gasteiger partial charge in [0, 0.05) is 48.1 Å². The minimum atomic E-state index is -3.69. The van der Waals surface area contributed by atoms with Gasteiger partial charge in [-0.15, -0.1) is 0 Å². The third-order valence-corrected chi connectivity index (χ3v) is 8.68. The highest BCUT2D eigenvalue weighted by molar-refractivity contribution is 7.92. The first-order valence-corrected chi connectivity index (χ1v) is 16.9. The predicted molar refractivity (Wildman–Crippen MR) is 173 cm³/mol. The molecule has 0 bridgehead atoms. The topological polar surface area (TPSA) is 96.0 Å². The highest BCUT2D eigenvalue weighted by Crippen LogP contribution is 2.31. The number of sulfonamides is 1. The van der Waals surface area contributed by atoms with Crippen LogP contribution in [0.25, 0.3) is 0 Å². The van der Waals surface area contributed by atoms with Gasteiger partial charge in [-0.3, -0.25) is 13.9 Å². The van der Waals surface area contributed by atoms with Crippen LogP contribution in [-0.2, 0) is 32.6 Å². The third-order valence-electron chi connectivity index (χ3n) is 6.80. The Balaban J connectivity index is 1.93. The van der Waals surface area contributed by atoms with Crippen molar-refractivity contribution >= 4 is 50.7 Å². The van der Waals surface area contributed by atoms with Crippen molar-refractivity contribution in [2.24, 2.45) is 0 Å². The van der Waals surface area contributed by atoms with Crippen molar-refractivity contribution in [1.82, 2.24) is 10.2 Å². The van der Waals surface area contributed by atoms with Gasteiger partial charge in [-0.1, -0.05) is 78.7 Å². The Morgan fingerprint density at radius 2 is 1.58 bits per heavy atom. The van der Waals surface area contributed by atoms with Crippen LogP contribution in [0, 0.1) is 0 Å². The highest BCUT2D eigenvalue weighted by atomic mass is 35.5. The normalized spacial score (nSPS) is 11.9. The van der Waals surface area contributed by atoms with Crippen molar-refractivity contribution < 1.29 is 22.7 Å². The molecule has 3 aromatic rings. The first kappa shape index (κ1) is 34.2. The summed E-state index contributed by atoms with van der Waals surface area (Å²) in [6.07, 6.45) is 2.32. The number of carbonyl (C=O) groups is 2. The Morgan fingerprint density at radius 3 is 2.21 bits per heavy atom. The van der Waals surface area contributed by atoms with Gasteiger partial charge in [0.05, 0.1) is 18.6 Å². The van der Waals surface area contributed by atoms with E-state index in [0.29, 0.717) is 40.2 Å². The van der Waals surface area contributed by atoms with Crippen molar-refractivity contribution in [3.63, 3.8) is 0 Å². The molecule has 43 heavy (non-hydrogen) atoms. The Kier molecular flexibility index (Phi) is 13.2. The summed E-state index contributed by atoms with van der Waals surface area (Å²) in [7, 11) is -3.69. The van der Waals surface area contributed by atoms with Crippen LogP contribution >= 0.6 is 23.2 Å². The van der Waals surface area contributed by atoms with Crippen LogP contribution in [-0.4, -0.2) is 57.1 Å². The number of halogens is 2. The minimum absolute atomic E-state index is 0.0113. The van der Waals surface area contributed by atoms with E-state index in [9.17, 15) is 18.0 Å². The van der Waals surface area contributed by atoms with Gasteiger partial charge in [0.15, 0.2) is 0 Å². The fourth-order valence-corrected chi connectivity index (χ4v) is 6.18. The van der Waals surface area contributed by atoms with Crippen LogP contribution in [0.1, 0.15) is 44.2 Å². The number of rotatable bonds is 16. The molecule has 0 unspecified atom stereocenters. The Hall–Kier alpha value is -3.27. The fraction of sp³-hybridized carbons (Fsp3) is 0.375. The lowest BCUT2D eigenvalue weighted by atomic mass is 10.0. The lowest BCUT2D eigenvalue weighted by Gasteiger charge is -2.32. The lowest BCUT2D eigenvalue weighted by Crippen LogP contribution is -2.50. The SMILES string of the molecule is CCCNC(=O)[C@@H](Cc1ccccc1)N(Cc1c(Cl)cccc1Cl)C(=O)CCCN(c1ccccc1OCC)S(C)(=O)=O. The summed E-state index contributed by atoms with van der Waals surface area (Å²) in [5, 5.41) is 3.70. The van der Waals surface area contributed by atoms with Crippen LogP contribution in [0.15, 0.2) is 72.8 Å². The van der Waals surface area contributed by atoms with Crippen molar-refractivity contribution in [2.45, 2.75) is 52.1 Å². The van der Waals surface area contributed by atoms with E-state index in [4.69, 9.17) is 27.9 Å². The molecule has 0 saturated heterocycles. The van der Waals surface area contributed by atoms with Gasteiger partial charge in [-0.25, -0.2) is 8.42 Å². The molecule has 0 radical (unpaired) electrons. The number of para-hydroxylation sites is 2. The van der Waals surface area contributed by atoms with E-state index in [2.05, 4.69) is 5.32 Å². The molecule has 0 fully saturated rings. The van der Waals surface area contributed by atoms with E-state index in [1.165, 1.54) is 9.21 Å². The standard InChI is InChI=1S/C32H39Cl2N3O5S/c1-4-20-35-32(39)29(22-24-13-7-6-8-14-24)36(23-25-26(33)15-11-16-27(25)34)31(38)19-12-21-37(43(3,40)41)28-17-9-10-18-30(28)42-5-2/h6-11,13-18,29H,4-5,12,19-23H2,1-3H3,(H,35,39)/t29-/m1/s1. The van der Waals surface area contributed by atoms with Gasteiger partial charge in [0.25, 0.3) is 0 Å². The molecule has 0 aliphatic heterocycles. The van der Waals surface area contributed by atoms with Gasteiger partial charge < -0.3 is 15.0 Å². The van der Waals surface area contributed by atoms with Gasteiger partial charge in [-0.05, 0) is 49.6 Å². The molecule has 0 saturated carbocycles. The van der Waals surface area contributed by atoms with E-state index < -0.39 is 16.1 Å². The maximum atomic E-state index is 14.0. The average Bonchev–Trinajstić information content (AvgIpc) is 2.97. The largest absolute Gasteiger partial charge is 0.492 e. The molecule has 0 spiro atoms. The number of amides is 2. The second-order valence-electron chi connectivity index (χ2n) is 10.1. The second kappa shape index (κ2) is 16.5. The summed E-state index contributed by atoms with van der Waals surface area (Å²) < 4.78 is 32.5. The highest BCUT2D eigenvalue weighted by Gasteiger charge is 2.31. The fourth-order valence-electron chi connectivity index (χ4n) is 4.70. The summed E-state index contributed by atoms with van der Waals surface area (Å²) in [5.41, 5.74) is 1.82. The number of anilines is 1. The van der Waals surface area contributed by atoms with Gasteiger partial charge in [0.2, 0.25) is 21.8 Å². The summed E-state index contributed by atoms with van der Waals surface area (Å²) >= 11 is 13.0. The van der Waals surface area contributed by atoms with Crippen molar-refractivity contribution in [1.29, 1.82) is 0 Å². The van der Waals surface area contributed by atoms with Crippen LogP contribution in [0.2, 0.25) is 10.0 Å². The molecular formula is C32H39Cl2N3O5S. The zero-order chi connectivity index (χ0) is 31.4. The van der Waals surface area contributed by atoms with Crippen LogP contribution in [0.5, 0.6) is 5.75 Å².